The van der Waals surface area contributed by atoms with Gasteiger partial charge in [0.25, 0.3) is 0 Å². The fourth-order valence-electron chi connectivity index (χ4n) is 3.13. The molecule has 1 saturated carbocycles. The van der Waals surface area contributed by atoms with Gasteiger partial charge >= 0.3 is 5.97 Å². The zero-order chi connectivity index (χ0) is 13.8. The summed E-state index contributed by atoms with van der Waals surface area (Å²) >= 11 is 0. The van der Waals surface area contributed by atoms with Gasteiger partial charge in [0, 0.05) is 19.1 Å². The molecule has 0 bridgehead atoms. The summed E-state index contributed by atoms with van der Waals surface area (Å²) in [5, 5.41) is 9.07. The second-order valence-corrected chi connectivity index (χ2v) is 6.69. The molecule has 4 nitrogen and oxygen atoms in total. The number of carboxylic acid groups (broad SMARTS) is 1. The van der Waals surface area contributed by atoms with Crippen molar-refractivity contribution >= 4 is 5.97 Å². The number of carboxylic acids is 1. The molecule has 110 valence electrons. The van der Waals surface area contributed by atoms with Gasteiger partial charge in [0.05, 0.1) is 6.54 Å². The molecular weight excluding hydrogens is 240 g/mol. The molecule has 0 radical (unpaired) electrons. The van der Waals surface area contributed by atoms with Gasteiger partial charge in [-0.05, 0) is 50.6 Å². The Hall–Kier alpha value is -0.610. The highest BCUT2D eigenvalue weighted by Crippen LogP contribution is 2.31. The Morgan fingerprint density at radius 3 is 2.37 bits per heavy atom. The minimum atomic E-state index is -0.676. The Bertz CT molecular complexity index is 295. The van der Waals surface area contributed by atoms with Crippen molar-refractivity contribution in [1.82, 2.24) is 9.80 Å². The number of piperidine rings is 1. The monoisotopic (exact) mass is 268 g/mol. The smallest absolute Gasteiger partial charge is 0.317 e. The Kier molecular flexibility index (Phi) is 5.22. The number of aliphatic carboxylic acids is 1. The Balaban J connectivity index is 1.80. The average molecular weight is 268 g/mol. The standard InChI is InChI=1S/C15H28N2O2/c1-12(2)9-16-7-5-14(6-8-16)17(11-15(18)19)10-13-3-4-13/h12-14H,3-11H2,1-2H3,(H,18,19). The van der Waals surface area contributed by atoms with Crippen LogP contribution in [0.25, 0.3) is 0 Å². The fraction of sp³-hybridized carbons (Fsp3) is 0.933. The van der Waals surface area contributed by atoms with Crippen LogP contribution in [0.1, 0.15) is 39.5 Å². The minimum Gasteiger partial charge on any atom is -0.480 e. The molecule has 0 aromatic carbocycles. The molecule has 1 heterocycles. The van der Waals surface area contributed by atoms with E-state index in [1.807, 2.05) is 0 Å². The molecule has 0 aromatic rings. The SMILES string of the molecule is CC(C)CN1CCC(N(CC(=O)O)CC2CC2)CC1. The maximum atomic E-state index is 11.0. The van der Waals surface area contributed by atoms with E-state index < -0.39 is 5.97 Å². The van der Waals surface area contributed by atoms with Crippen LogP contribution in [0.2, 0.25) is 0 Å². The number of rotatable bonds is 7. The van der Waals surface area contributed by atoms with E-state index in [1.165, 1.54) is 19.4 Å². The lowest BCUT2D eigenvalue weighted by molar-refractivity contribution is -0.139. The average Bonchev–Trinajstić information content (AvgIpc) is 3.12. The van der Waals surface area contributed by atoms with Gasteiger partial charge in [-0.2, -0.15) is 0 Å². The zero-order valence-corrected chi connectivity index (χ0v) is 12.3. The van der Waals surface area contributed by atoms with Crippen molar-refractivity contribution in [2.45, 2.75) is 45.6 Å². The molecular formula is C15H28N2O2. The number of nitrogens with zero attached hydrogens (tertiary/aromatic N) is 2. The topological polar surface area (TPSA) is 43.8 Å². The van der Waals surface area contributed by atoms with Gasteiger partial charge in [0.1, 0.15) is 0 Å². The van der Waals surface area contributed by atoms with Gasteiger partial charge in [0.15, 0.2) is 0 Å². The Morgan fingerprint density at radius 2 is 1.89 bits per heavy atom. The third-order valence-electron chi connectivity index (χ3n) is 4.22. The van der Waals surface area contributed by atoms with Crippen molar-refractivity contribution < 1.29 is 9.90 Å². The molecule has 0 aromatic heterocycles. The first-order valence-corrected chi connectivity index (χ1v) is 7.72. The van der Waals surface area contributed by atoms with Crippen molar-refractivity contribution in [3.8, 4) is 0 Å². The Labute approximate surface area is 116 Å². The van der Waals surface area contributed by atoms with Crippen molar-refractivity contribution in [3.05, 3.63) is 0 Å². The molecule has 1 aliphatic carbocycles. The molecule has 4 heteroatoms. The first kappa shape index (κ1) is 14.8. The summed E-state index contributed by atoms with van der Waals surface area (Å²) in [7, 11) is 0. The first-order chi connectivity index (χ1) is 9.04. The van der Waals surface area contributed by atoms with E-state index in [-0.39, 0.29) is 6.54 Å². The second-order valence-electron chi connectivity index (χ2n) is 6.69. The summed E-state index contributed by atoms with van der Waals surface area (Å²) in [6, 6.07) is 0.486. The van der Waals surface area contributed by atoms with E-state index in [2.05, 4.69) is 23.6 Å². The lowest BCUT2D eigenvalue weighted by Crippen LogP contribution is -2.47. The predicted molar refractivity (Wildman–Crippen MR) is 76.2 cm³/mol. The highest BCUT2D eigenvalue weighted by Gasteiger charge is 2.31. The van der Waals surface area contributed by atoms with Crippen LogP contribution in [0.15, 0.2) is 0 Å². The van der Waals surface area contributed by atoms with Crippen LogP contribution in [-0.4, -0.2) is 59.6 Å². The lowest BCUT2D eigenvalue weighted by atomic mass is 10.0. The van der Waals surface area contributed by atoms with E-state index >= 15 is 0 Å². The number of likely N-dealkylation sites (tertiary alicyclic amines) is 1. The quantitative estimate of drug-likeness (QED) is 0.766. The van der Waals surface area contributed by atoms with Gasteiger partial charge in [-0.3, -0.25) is 9.69 Å². The van der Waals surface area contributed by atoms with E-state index in [1.54, 1.807) is 0 Å². The van der Waals surface area contributed by atoms with Crippen molar-refractivity contribution in [2.24, 2.45) is 11.8 Å². The third-order valence-corrected chi connectivity index (χ3v) is 4.22. The van der Waals surface area contributed by atoms with Gasteiger partial charge < -0.3 is 10.0 Å². The summed E-state index contributed by atoms with van der Waals surface area (Å²) in [5.74, 6) is 0.816. The summed E-state index contributed by atoms with van der Waals surface area (Å²) in [5.41, 5.74) is 0. The lowest BCUT2D eigenvalue weighted by Gasteiger charge is -2.38. The molecule has 2 aliphatic rings. The molecule has 0 spiro atoms. The van der Waals surface area contributed by atoms with Crippen LogP contribution in [0, 0.1) is 11.8 Å². The molecule has 2 rings (SSSR count). The van der Waals surface area contributed by atoms with Crippen LogP contribution < -0.4 is 0 Å². The van der Waals surface area contributed by atoms with Gasteiger partial charge in [0.2, 0.25) is 0 Å². The molecule has 19 heavy (non-hydrogen) atoms. The fourth-order valence-corrected chi connectivity index (χ4v) is 3.13. The van der Waals surface area contributed by atoms with E-state index in [0.717, 1.165) is 44.3 Å². The van der Waals surface area contributed by atoms with E-state index in [4.69, 9.17) is 5.11 Å². The summed E-state index contributed by atoms with van der Waals surface area (Å²) in [6.45, 7) is 9.18. The van der Waals surface area contributed by atoms with Gasteiger partial charge in [-0.1, -0.05) is 13.8 Å². The normalized spacial score (nSPS) is 22.3. The maximum absolute atomic E-state index is 11.0. The van der Waals surface area contributed by atoms with Crippen LogP contribution in [-0.2, 0) is 4.79 Å². The molecule has 1 N–H and O–H groups in total. The van der Waals surface area contributed by atoms with Crippen molar-refractivity contribution in [2.75, 3.05) is 32.7 Å². The summed E-state index contributed by atoms with van der Waals surface area (Å²) in [4.78, 5) is 15.8. The molecule has 0 unspecified atom stereocenters. The van der Waals surface area contributed by atoms with Gasteiger partial charge in [-0.25, -0.2) is 0 Å². The highest BCUT2D eigenvalue weighted by molar-refractivity contribution is 5.69. The molecule has 0 atom stereocenters. The highest BCUT2D eigenvalue weighted by atomic mass is 16.4. The van der Waals surface area contributed by atoms with Crippen LogP contribution in [0.3, 0.4) is 0 Å². The van der Waals surface area contributed by atoms with Crippen molar-refractivity contribution in [1.29, 1.82) is 0 Å². The van der Waals surface area contributed by atoms with Crippen LogP contribution >= 0.6 is 0 Å². The number of hydrogen-bond donors (Lipinski definition) is 1. The molecule has 2 fully saturated rings. The van der Waals surface area contributed by atoms with Crippen LogP contribution in [0.4, 0.5) is 0 Å². The zero-order valence-electron chi connectivity index (χ0n) is 12.3. The van der Waals surface area contributed by atoms with Crippen LogP contribution in [0.5, 0.6) is 0 Å². The number of hydrogen-bond acceptors (Lipinski definition) is 3. The largest absolute Gasteiger partial charge is 0.480 e. The summed E-state index contributed by atoms with van der Waals surface area (Å²) < 4.78 is 0. The predicted octanol–water partition coefficient (Wildman–Crippen LogP) is 1.90. The first-order valence-electron chi connectivity index (χ1n) is 7.72. The van der Waals surface area contributed by atoms with E-state index in [9.17, 15) is 4.79 Å². The minimum absolute atomic E-state index is 0.228. The number of carbonyl (C=O) groups is 1. The third kappa shape index (κ3) is 5.11. The molecule has 1 aliphatic heterocycles. The second kappa shape index (κ2) is 6.71. The maximum Gasteiger partial charge on any atom is 0.317 e. The van der Waals surface area contributed by atoms with Crippen molar-refractivity contribution in [3.63, 3.8) is 0 Å². The molecule has 0 amide bonds. The van der Waals surface area contributed by atoms with E-state index in [0.29, 0.717) is 6.04 Å². The Morgan fingerprint density at radius 1 is 1.26 bits per heavy atom. The summed E-state index contributed by atoms with van der Waals surface area (Å²) in [6.07, 6.45) is 4.85. The van der Waals surface area contributed by atoms with Gasteiger partial charge in [-0.15, -0.1) is 0 Å². The molecule has 1 saturated heterocycles.